The molecule has 3 atom stereocenters. The van der Waals surface area contributed by atoms with E-state index in [1.807, 2.05) is 40.8 Å². The fourth-order valence-corrected chi connectivity index (χ4v) is 7.65. The Kier molecular flexibility index (Phi) is 6.06. The lowest BCUT2D eigenvalue weighted by Gasteiger charge is -2.27. The van der Waals surface area contributed by atoms with Crippen molar-refractivity contribution >= 4 is 27.8 Å². The highest BCUT2D eigenvalue weighted by Gasteiger charge is 2.46. The lowest BCUT2D eigenvalue weighted by atomic mass is 10.0. The van der Waals surface area contributed by atoms with E-state index in [1.54, 1.807) is 13.2 Å². The van der Waals surface area contributed by atoms with Gasteiger partial charge in [-0.3, -0.25) is 4.79 Å². The number of phenolic OH excluding ortho intramolecular Hbond substituents is 1. The molecule has 44 heavy (non-hydrogen) atoms. The van der Waals surface area contributed by atoms with Crippen LogP contribution in [0.15, 0.2) is 48.5 Å². The summed E-state index contributed by atoms with van der Waals surface area (Å²) in [5.74, 6) is 0.738. The first-order valence-corrected chi connectivity index (χ1v) is 15.4. The van der Waals surface area contributed by atoms with Crippen LogP contribution in [0.3, 0.4) is 0 Å². The number of benzene rings is 3. The molecule has 226 valence electrons. The minimum atomic E-state index is -0.867. The Morgan fingerprint density at radius 2 is 1.86 bits per heavy atom. The van der Waals surface area contributed by atoms with Crippen LogP contribution in [0.25, 0.3) is 44.6 Å². The molecule has 3 aliphatic rings. The van der Waals surface area contributed by atoms with E-state index in [0.717, 1.165) is 72.4 Å². The highest BCUT2D eigenvalue weighted by molar-refractivity contribution is 6.00. The summed E-state index contributed by atoms with van der Waals surface area (Å²) < 4.78 is 39.1. The SMILES string of the molecule is COc1cc(C(=O)N2CC3CCC2[C@@H]3C)cc2nc(-c3cc4ccc(-c5cc(F)c(O)cc5F)cc4n3CC3CC3)n(C)c12. The van der Waals surface area contributed by atoms with Crippen molar-refractivity contribution in [2.45, 2.75) is 45.2 Å². The average molecular weight is 597 g/mol. The molecule has 2 saturated carbocycles. The van der Waals surface area contributed by atoms with Crippen LogP contribution in [0.4, 0.5) is 8.78 Å². The normalized spacial score (nSPS) is 21.2. The van der Waals surface area contributed by atoms with Gasteiger partial charge in [0.05, 0.1) is 18.3 Å². The monoisotopic (exact) mass is 596 g/mol. The fourth-order valence-electron chi connectivity index (χ4n) is 7.65. The van der Waals surface area contributed by atoms with Crippen molar-refractivity contribution in [3.05, 3.63) is 65.7 Å². The zero-order valence-electron chi connectivity index (χ0n) is 25.0. The average Bonchev–Trinajstić information content (AvgIpc) is 3.42. The number of piperidine rings is 1. The number of methoxy groups -OCH3 is 1. The number of rotatable bonds is 6. The molecule has 2 unspecified atom stereocenters. The molecule has 0 radical (unpaired) electrons. The quantitative estimate of drug-likeness (QED) is 0.226. The van der Waals surface area contributed by atoms with Gasteiger partial charge in [-0.2, -0.15) is 0 Å². The number of likely N-dealkylation sites (tertiary alicyclic amines) is 1. The summed E-state index contributed by atoms with van der Waals surface area (Å²) in [7, 11) is 3.57. The number of aromatic hydroxyl groups is 1. The van der Waals surface area contributed by atoms with E-state index in [1.165, 1.54) is 6.42 Å². The number of nitrogens with zero attached hydrogens (tertiary/aromatic N) is 4. The third-order valence-corrected chi connectivity index (χ3v) is 10.3. The molecule has 9 heteroatoms. The van der Waals surface area contributed by atoms with Gasteiger partial charge >= 0.3 is 0 Å². The predicted octanol–water partition coefficient (Wildman–Crippen LogP) is 7.13. The number of ether oxygens (including phenoxy) is 1. The van der Waals surface area contributed by atoms with Gasteiger partial charge in [0.1, 0.15) is 17.1 Å². The van der Waals surface area contributed by atoms with E-state index >= 15 is 0 Å². The van der Waals surface area contributed by atoms with Gasteiger partial charge in [0.15, 0.2) is 17.4 Å². The van der Waals surface area contributed by atoms with E-state index in [2.05, 4.69) is 17.6 Å². The summed E-state index contributed by atoms with van der Waals surface area (Å²) >= 11 is 0. The zero-order chi connectivity index (χ0) is 30.4. The number of aryl methyl sites for hydroxylation is 1. The van der Waals surface area contributed by atoms with Crippen molar-refractivity contribution in [1.82, 2.24) is 19.0 Å². The predicted molar refractivity (Wildman–Crippen MR) is 165 cm³/mol. The van der Waals surface area contributed by atoms with Gasteiger partial charge in [-0.05, 0) is 79.3 Å². The van der Waals surface area contributed by atoms with Crippen LogP contribution < -0.4 is 4.74 Å². The van der Waals surface area contributed by atoms with Crippen LogP contribution in [0.2, 0.25) is 0 Å². The van der Waals surface area contributed by atoms with Gasteiger partial charge in [-0.1, -0.05) is 19.1 Å². The summed E-state index contributed by atoms with van der Waals surface area (Å²) in [4.78, 5) is 20.9. The van der Waals surface area contributed by atoms with Gasteiger partial charge in [-0.25, -0.2) is 13.8 Å². The first-order valence-electron chi connectivity index (χ1n) is 15.4. The number of imidazole rings is 1. The molecule has 1 aliphatic heterocycles. The van der Waals surface area contributed by atoms with Gasteiger partial charge in [0.2, 0.25) is 0 Å². The molecule has 5 aromatic rings. The highest BCUT2D eigenvalue weighted by Crippen LogP contribution is 2.44. The fraction of sp³-hybridized carbons (Fsp3) is 0.371. The van der Waals surface area contributed by atoms with E-state index in [4.69, 9.17) is 9.72 Å². The van der Waals surface area contributed by atoms with Crippen molar-refractivity contribution in [1.29, 1.82) is 0 Å². The largest absolute Gasteiger partial charge is 0.505 e. The molecule has 2 aliphatic carbocycles. The molecule has 1 amide bonds. The Balaban J connectivity index is 1.25. The molecule has 8 rings (SSSR count). The molecule has 3 fully saturated rings. The third kappa shape index (κ3) is 4.12. The second-order valence-electron chi connectivity index (χ2n) is 12.9. The molecule has 7 nitrogen and oxygen atoms in total. The summed E-state index contributed by atoms with van der Waals surface area (Å²) in [5.41, 5.74) is 4.49. The number of hydrogen-bond acceptors (Lipinski definition) is 4. The number of amides is 1. The Labute approximate surface area is 253 Å². The van der Waals surface area contributed by atoms with Crippen LogP contribution in [0, 0.1) is 29.4 Å². The number of phenols is 1. The van der Waals surface area contributed by atoms with Crippen molar-refractivity contribution < 1.29 is 23.4 Å². The first kappa shape index (κ1) is 27.2. The molecular weight excluding hydrogens is 562 g/mol. The summed E-state index contributed by atoms with van der Waals surface area (Å²) in [6, 6.07) is 13.5. The standard InChI is InChI=1S/C35H34F2N4O3/c1-18-22-8-9-28(18)41(17-22)35(43)23-10-27-33(32(13-23)44-3)39(2)34(38-27)30-12-21-7-6-20(11-29(21)40(30)16-19-4-5-19)24-14-26(37)31(42)15-25(24)36/h6-7,10-15,18-19,22,28,42H,4-5,8-9,16-17H2,1-3H3/t18-,22?,28?/m1/s1. The van der Waals surface area contributed by atoms with Crippen LogP contribution in [-0.4, -0.2) is 49.7 Å². The Morgan fingerprint density at radius 1 is 1.05 bits per heavy atom. The minimum absolute atomic E-state index is 0.0322. The van der Waals surface area contributed by atoms with E-state index in [0.29, 0.717) is 46.2 Å². The lowest BCUT2D eigenvalue weighted by Crippen LogP contribution is -2.38. The maximum absolute atomic E-state index is 14.8. The van der Waals surface area contributed by atoms with Crippen LogP contribution in [-0.2, 0) is 13.6 Å². The van der Waals surface area contributed by atoms with Gasteiger partial charge in [-0.15, -0.1) is 0 Å². The van der Waals surface area contributed by atoms with Crippen LogP contribution in [0.1, 0.15) is 43.0 Å². The van der Waals surface area contributed by atoms with Gasteiger partial charge in [0.25, 0.3) is 5.91 Å². The molecule has 2 bridgehead atoms. The zero-order valence-corrected chi connectivity index (χ0v) is 25.0. The molecule has 3 heterocycles. The van der Waals surface area contributed by atoms with Gasteiger partial charge in [0, 0.05) is 54.3 Å². The second kappa shape index (κ2) is 9.81. The van der Waals surface area contributed by atoms with Gasteiger partial charge < -0.3 is 23.9 Å². The van der Waals surface area contributed by atoms with Crippen molar-refractivity contribution in [3.8, 4) is 34.1 Å². The Bertz CT molecular complexity index is 1990. The summed E-state index contributed by atoms with van der Waals surface area (Å²) in [6.07, 6.45) is 4.52. The van der Waals surface area contributed by atoms with Crippen LogP contribution in [0.5, 0.6) is 11.5 Å². The molecule has 1 saturated heterocycles. The number of carbonyl (C=O) groups excluding carboxylic acids is 1. The van der Waals surface area contributed by atoms with E-state index in [-0.39, 0.29) is 11.5 Å². The highest BCUT2D eigenvalue weighted by atomic mass is 19.1. The maximum Gasteiger partial charge on any atom is 0.254 e. The Morgan fingerprint density at radius 3 is 2.57 bits per heavy atom. The van der Waals surface area contributed by atoms with Crippen LogP contribution >= 0.6 is 0 Å². The summed E-state index contributed by atoms with van der Waals surface area (Å²) in [5, 5.41) is 10.6. The molecule has 2 aromatic heterocycles. The molecule has 1 N–H and O–H groups in total. The van der Waals surface area contributed by atoms with Crippen molar-refractivity contribution in [2.24, 2.45) is 24.8 Å². The first-order chi connectivity index (χ1) is 21.2. The second-order valence-corrected chi connectivity index (χ2v) is 12.9. The molecule has 0 spiro atoms. The maximum atomic E-state index is 14.8. The summed E-state index contributed by atoms with van der Waals surface area (Å²) in [6.45, 7) is 3.84. The number of fused-ring (bicyclic) bond motifs is 4. The number of halogens is 2. The topological polar surface area (TPSA) is 72.5 Å². The molecule has 3 aromatic carbocycles. The van der Waals surface area contributed by atoms with Crippen molar-refractivity contribution in [2.75, 3.05) is 13.7 Å². The smallest absolute Gasteiger partial charge is 0.254 e. The lowest BCUT2D eigenvalue weighted by molar-refractivity contribution is 0.0696. The van der Waals surface area contributed by atoms with E-state index in [9.17, 15) is 18.7 Å². The number of carbonyl (C=O) groups is 1. The number of aromatic nitrogens is 3. The third-order valence-electron chi connectivity index (χ3n) is 10.3. The van der Waals surface area contributed by atoms with Crippen molar-refractivity contribution in [3.63, 3.8) is 0 Å². The minimum Gasteiger partial charge on any atom is -0.505 e. The number of hydrogen-bond donors (Lipinski definition) is 1. The van der Waals surface area contributed by atoms with E-state index < -0.39 is 17.4 Å². The molecular formula is C35H34F2N4O3. The Hall–Kier alpha value is -4.40.